The van der Waals surface area contributed by atoms with E-state index in [1.165, 1.54) is 42.4 Å². The Labute approximate surface area is 147 Å². The van der Waals surface area contributed by atoms with Crippen LogP contribution in [0.25, 0.3) is 0 Å². The van der Waals surface area contributed by atoms with Gasteiger partial charge in [0.15, 0.2) is 5.17 Å². The van der Waals surface area contributed by atoms with Crippen LogP contribution in [0.15, 0.2) is 34.3 Å². The van der Waals surface area contributed by atoms with E-state index in [4.69, 9.17) is 0 Å². The smallest absolute Gasteiger partial charge is 0.226 e. The lowest BCUT2D eigenvalue weighted by Crippen LogP contribution is -2.30. The van der Waals surface area contributed by atoms with Gasteiger partial charge in [0, 0.05) is 12.2 Å². The Balaban J connectivity index is 1.38. The van der Waals surface area contributed by atoms with Crippen molar-refractivity contribution in [2.45, 2.75) is 45.1 Å². The number of amides is 1. The number of aryl methyl sites for hydroxylation is 2. The highest BCUT2D eigenvalue weighted by Crippen LogP contribution is 2.31. The lowest BCUT2D eigenvalue weighted by Gasteiger charge is -2.21. The number of carbonyl (C=O) groups excluding carboxylic acids is 1. The molecule has 0 spiro atoms. The van der Waals surface area contributed by atoms with Crippen LogP contribution in [-0.2, 0) is 17.6 Å². The van der Waals surface area contributed by atoms with Crippen LogP contribution in [0, 0.1) is 0 Å². The van der Waals surface area contributed by atoms with Gasteiger partial charge in [0.05, 0.1) is 19.0 Å². The molecule has 3 aliphatic rings. The van der Waals surface area contributed by atoms with Crippen LogP contribution < -0.4 is 5.32 Å². The minimum absolute atomic E-state index is 0.0473. The van der Waals surface area contributed by atoms with Crippen molar-refractivity contribution >= 4 is 22.8 Å². The van der Waals surface area contributed by atoms with Crippen LogP contribution in [-0.4, -0.2) is 29.1 Å². The molecule has 1 aliphatic carbocycles. The molecule has 2 heterocycles. The summed E-state index contributed by atoms with van der Waals surface area (Å²) in [6.07, 6.45) is 5.38. The second kappa shape index (κ2) is 6.63. The molecule has 4 rings (SSSR count). The van der Waals surface area contributed by atoms with Gasteiger partial charge in [-0.15, -0.1) is 0 Å². The van der Waals surface area contributed by atoms with E-state index in [0.717, 1.165) is 24.0 Å². The number of thioether (sulfide) groups is 1. The Kier molecular flexibility index (Phi) is 4.35. The van der Waals surface area contributed by atoms with Crippen molar-refractivity contribution < 1.29 is 4.79 Å². The lowest BCUT2D eigenvalue weighted by molar-refractivity contribution is -0.121. The zero-order chi connectivity index (χ0) is 16.5. The summed E-state index contributed by atoms with van der Waals surface area (Å²) in [5.74, 6) is 0.0835. The standard InChI is InChI=1S/C19H23N3OS/c1-13(15-7-6-14-4-2-3-5-16(14)10-15)21-18(23)11-17-12-24-19-20-8-9-22(17)19/h6-7,10,12-13H,2-5,8-9,11H2,1H3,(H,21,23). The fourth-order valence-electron chi connectivity index (χ4n) is 3.68. The lowest BCUT2D eigenvalue weighted by atomic mass is 9.89. The summed E-state index contributed by atoms with van der Waals surface area (Å²) in [6, 6.07) is 6.75. The van der Waals surface area contributed by atoms with Gasteiger partial charge in [-0.3, -0.25) is 9.79 Å². The molecule has 2 aliphatic heterocycles. The van der Waals surface area contributed by atoms with Crippen LogP contribution in [0.4, 0.5) is 0 Å². The molecule has 5 heteroatoms. The molecule has 0 saturated heterocycles. The molecule has 0 saturated carbocycles. The number of aliphatic imine (C=N–C) groups is 1. The zero-order valence-corrected chi connectivity index (χ0v) is 14.9. The monoisotopic (exact) mass is 341 g/mol. The van der Waals surface area contributed by atoms with E-state index in [2.05, 4.69) is 45.7 Å². The van der Waals surface area contributed by atoms with Gasteiger partial charge < -0.3 is 10.2 Å². The number of fused-ring (bicyclic) bond motifs is 2. The van der Waals surface area contributed by atoms with Crippen molar-refractivity contribution in [3.05, 3.63) is 46.0 Å². The van der Waals surface area contributed by atoms with Gasteiger partial charge >= 0.3 is 0 Å². The van der Waals surface area contributed by atoms with Crippen LogP contribution in [0.3, 0.4) is 0 Å². The van der Waals surface area contributed by atoms with Crippen molar-refractivity contribution in [2.24, 2.45) is 4.99 Å². The number of hydrogen-bond donors (Lipinski definition) is 1. The van der Waals surface area contributed by atoms with E-state index in [1.54, 1.807) is 11.8 Å². The zero-order valence-electron chi connectivity index (χ0n) is 14.0. The predicted octanol–water partition coefficient (Wildman–Crippen LogP) is 3.39. The number of nitrogens with zero attached hydrogens (tertiary/aromatic N) is 2. The highest BCUT2D eigenvalue weighted by atomic mass is 32.2. The quantitative estimate of drug-likeness (QED) is 0.913. The molecule has 1 amide bonds. The van der Waals surface area contributed by atoms with Crippen LogP contribution in [0.5, 0.6) is 0 Å². The summed E-state index contributed by atoms with van der Waals surface area (Å²) in [5.41, 5.74) is 5.23. The predicted molar refractivity (Wildman–Crippen MR) is 98.9 cm³/mol. The van der Waals surface area contributed by atoms with E-state index in [-0.39, 0.29) is 11.9 Å². The van der Waals surface area contributed by atoms with Crippen LogP contribution in [0.1, 0.15) is 48.9 Å². The average Bonchev–Trinajstić information content (AvgIpc) is 3.19. The summed E-state index contributed by atoms with van der Waals surface area (Å²) < 4.78 is 0. The largest absolute Gasteiger partial charge is 0.349 e. The van der Waals surface area contributed by atoms with Gasteiger partial charge in [0.2, 0.25) is 5.91 Å². The molecule has 4 nitrogen and oxygen atoms in total. The number of benzene rings is 1. The van der Waals surface area contributed by atoms with Gasteiger partial charge in [-0.25, -0.2) is 0 Å². The SMILES string of the molecule is CC(NC(=O)CC1=CSC2=NCCN12)c1ccc2c(c1)CCCC2. The van der Waals surface area contributed by atoms with Crippen LogP contribution in [0.2, 0.25) is 0 Å². The molecule has 0 aromatic heterocycles. The summed E-state index contributed by atoms with van der Waals surface area (Å²) >= 11 is 1.63. The Morgan fingerprint density at radius 1 is 1.33 bits per heavy atom. The molecular weight excluding hydrogens is 318 g/mol. The number of amidine groups is 1. The third-order valence-electron chi connectivity index (χ3n) is 5.04. The van der Waals surface area contributed by atoms with Crippen molar-refractivity contribution in [2.75, 3.05) is 13.1 Å². The second-order valence-electron chi connectivity index (χ2n) is 6.74. The molecule has 1 aromatic carbocycles. The highest BCUT2D eigenvalue weighted by molar-refractivity contribution is 8.16. The van der Waals surface area contributed by atoms with E-state index in [9.17, 15) is 4.79 Å². The van der Waals surface area contributed by atoms with Gasteiger partial charge in [-0.2, -0.15) is 0 Å². The van der Waals surface area contributed by atoms with Gasteiger partial charge in [0.1, 0.15) is 0 Å². The normalized spacial score (nSPS) is 20.1. The summed E-state index contributed by atoms with van der Waals surface area (Å²) in [6.45, 7) is 3.82. The molecule has 0 bridgehead atoms. The Bertz CT molecular complexity index is 725. The average molecular weight is 341 g/mol. The van der Waals surface area contributed by atoms with Gasteiger partial charge in [0.25, 0.3) is 0 Å². The summed E-state index contributed by atoms with van der Waals surface area (Å²) in [4.78, 5) is 19.0. The number of rotatable bonds is 4. The Hall–Kier alpha value is -1.75. The maximum absolute atomic E-state index is 12.4. The second-order valence-corrected chi connectivity index (χ2v) is 7.58. The van der Waals surface area contributed by atoms with E-state index >= 15 is 0 Å². The Morgan fingerprint density at radius 2 is 2.17 bits per heavy atom. The van der Waals surface area contributed by atoms with E-state index < -0.39 is 0 Å². The molecule has 1 unspecified atom stereocenters. The van der Waals surface area contributed by atoms with Crippen molar-refractivity contribution in [3.63, 3.8) is 0 Å². The molecule has 1 atom stereocenters. The number of nitrogens with one attached hydrogen (secondary N) is 1. The minimum atomic E-state index is 0.0473. The van der Waals surface area contributed by atoms with Gasteiger partial charge in [-0.05, 0) is 54.7 Å². The fourth-order valence-corrected chi connectivity index (χ4v) is 4.63. The molecule has 1 aromatic rings. The van der Waals surface area contributed by atoms with Crippen molar-refractivity contribution in [3.8, 4) is 0 Å². The van der Waals surface area contributed by atoms with Gasteiger partial charge in [-0.1, -0.05) is 30.0 Å². The first-order chi connectivity index (χ1) is 11.7. The molecule has 24 heavy (non-hydrogen) atoms. The number of hydrogen-bond acceptors (Lipinski definition) is 4. The Morgan fingerprint density at radius 3 is 3.04 bits per heavy atom. The van der Waals surface area contributed by atoms with E-state index in [1.807, 2.05) is 0 Å². The fraction of sp³-hybridized carbons (Fsp3) is 0.474. The first-order valence-corrected chi connectivity index (χ1v) is 9.67. The molecule has 126 valence electrons. The molecule has 0 fully saturated rings. The molecular formula is C19H23N3OS. The van der Waals surface area contributed by atoms with Crippen molar-refractivity contribution in [1.29, 1.82) is 0 Å². The number of carbonyl (C=O) groups is 1. The highest BCUT2D eigenvalue weighted by Gasteiger charge is 2.27. The van der Waals surface area contributed by atoms with Crippen LogP contribution >= 0.6 is 11.8 Å². The first-order valence-electron chi connectivity index (χ1n) is 8.79. The minimum Gasteiger partial charge on any atom is -0.349 e. The molecule has 0 radical (unpaired) electrons. The maximum atomic E-state index is 12.4. The third kappa shape index (κ3) is 3.09. The first kappa shape index (κ1) is 15.8. The maximum Gasteiger partial charge on any atom is 0.226 e. The van der Waals surface area contributed by atoms with Crippen molar-refractivity contribution in [1.82, 2.24) is 10.2 Å². The van der Waals surface area contributed by atoms with E-state index in [0.29, 0.717) is 6.42 Å². The third-order valence-corrected chi connectivity index (χ3v) is 5.99. The molecule has 1 N–H and O–H groups in total. The summed E-state index contributed by atoms with van der Waals surface area (Å²) in [7, 11) is 0. The summed E-state index contributed by atoms with van der Waals surface area (Å²) in [5, 5.41) is 6.25. The topological polar surface area (TPSA) is 44.7 Å².